The van der Waals surface area contributed by atoms with Crippen LogP contribution in [-0.2, 0) is 25.6 Å². The van der Waals surface area contributed by atoms with Crippen molar-refractivity contribution in [2.45, 2.75) is 51.2 Å². The molecular weight excluding hydrogens is 513 g/mol. The van der Waals surface area contributed by atoms with Crippen molar-refractivity contribution >= 4 is 23.3 Å². The van der Waals surface area contributed by atoms with Crippen molar-refractivity contribution in [3.63, 3.8) is 0 Å². The van der Waals surface area contributed by atoms with Gasteiger partial charge in [-0.25, -0.2) is 4.98 Å². The molecule has 38 heavy (non-hydrogen) atoms. The van der Waals surface area contributed by atoms with Gasteiger partial charge in [-0.1, -0.05) is 41.9 Å². The number of benzene rings is 2. The highest BCUT2D eigenvalue weighted by Gasteiger charge is 2.34. The number of aromatic nitrogens is 2. The average molecular weight is 543 g/mol. The monoisotopic (exact) mass is 542 g/mol. The Morgan fingerprint density at radius 2 is 1.79 bits per heavy atom. The first-order chi connectivity index (χ1) is 18.3. The number of nitrogens with zero attached hydrogens (tertiary/aromatic N) is 4. The summed E-state index contributed by atoms with van der Waals surface area (Å²) >= 11 is 6.06. The highest BCUT2D eigenvalue weighted by Crippen LogP contribution is 2.35. The second kappa shape index (κ2) is 11.3. The number of amides is 1. The lowest BCUT2D eigenvalue weighted by Gasteiger charge is -2.32. The van der Waals surface area contributed by atoms with Crippen LogP contribution in [0, 0.1) is 5.92 Å². The number of fused-ring (bicyclic) bond motifs is 1. The van der Waals surface area contributed by atoms with E-state index >= 15 is 0 Å². The van der Waals surface area contributed by atoms with Crippen LogP contribution in [-0.4, -0.2) is 40.4 Å². The number of hydrogen-bond donors (Lipinski definition) is 0. The van der Waals surface area contributed by atoms with Gasteiger partial charge in [-0.3, -0.25) is 9.78 Å². The Morgan fingerprint density at radius 3 is 2.53 bits per heavy atom. The smallest absolute Gasteiger partial charge is 0.351 e. The molecule has 0 N–H and O–H groups in total. The van der Waals surface area contributed by atoms with Gasteiger partial charge in [-0.05, 0) is 73.8 Å². The summed E-state index contributed by atoms with van der Waals surface area (Å²) in [4.78, 5) is 26.2. The van der Waals surface area contributed by atoms with E-state index in [1.807, 2.05) is 23.1 Å². The predicted octanol–water partition coefficient (Wildman–Crippen LogP) is 6.59. The van der Waals surface area contributed by atoms with Gasteiger partial charge in [0.05, 0.1) is 17.5 Å². The fraction of sp³-hybridized carbons (Fsp3) is 0.414. The van der Waals surface area contributed by atoms with Crippen LogP contribution >= 0.6 is 11.6 Å². The van der Waals surface area contributed by atoms with Crippen molar-refractivity contribution in [2.24, 2.45) is 5.92 Å². The number of aryl methyl sites for hydroxylation is 1. The third kappa shape index (κ3) is 6.12. The van der Waals surface area contributed by atoms with Crippen molar-refractivity contribution < 1.29 is 18.0 Å². The van der Waals surface area contributed by atoms with E-state index in [1.54, 1.807) is 4.90 Å². The number of carbonyl (C=O) groups is 1. The van der Waals surface area contributed by atoms with E-state index in [9.17, 15) is 18.0 Å². The minimum Gasteiger partial charge on any atom is -0.351 e. The molecular formula is C29H30ClF3N4O. The molecule has 0 unspecified atom stereocenters. The Morgan fingerprint density at radius 1 is 1.03 bits per heavy atom. The molecule has 5 nitrogen and oxygen atoms in total. The Bertz CT molecular complexity index is 1280. The van der Waals surface area contributed by atoms with Crippen LogP contribution in [0.15, 0.2) is 54.7 Å². The van der Waals surface area contributed by atoms with Crippen LogP contribution in [0.3, 0.4) is 0 Å². The number of rotatable bonds is 5. The van der Waals surface area contributed by atoms with Gasteiger partial charge < -0.3 is 9.80 Å². The maximum Gasteiger partial charge on any atom is 0.416 e. The fourth-order valence-corrected chi connectivity index (χ4v) is 5.61. The SMILES string of the molecule is O=C(c1cnc2c(n1)N(Cc1cc(Cl)ccc1C(F)(F)F)CCCC2)N1CCC(Cc2ccccc2)CC1. The second-order valence-corrected chi connectivity index (χ2v) is 10.6. The first-order valence-corrected chi connectivity index (χ1v) is 13.5. The number of carbonyl (C=O) groups excluding carboxylic acids is 1. The number of anilines is 1. The van der Waals surface area contributed by atoms with Crippen LogP contribution in [0.5, 0.6) is 0 Å². The molecule has 3 aromatic rings. The van der Waals surface area contributed by atoms with Crippen LogP contribution in [0.4, 0.5) is 19.0 Å². The predicted molar refractivity (Wildman–Crippen MR) is 141 cm³/mol. The molecule has 5 rings (SSSR count). The molecule has 1 saturated heterocycles. The summed E-state index contributed by atoms with van der Waals surface area (Å²) < 4.78 is 41.1. The van der Waals surface area contributed by atoms with Crippen molar-refractivity contribution in [1.29, 1.82) is 0 Å². The average Bonchev–Trinajstić information content (AvgIpc) is 3.10. The Hall–Kier alpha value is -3.13. The lowest BCUT2D eigenvalue weighted by atomic mass is 9.90. The zero-order valence-electron chi connectivity index (χ0n) is 21.1. The highest BCUT2D eigenvalue weighted by atomic mass is 35.5. The van der Waals surface area contributed by atoms with Crippen molar-refractivity contribution in [1.82, 2.24) is 14.9 Å². The Balaban J connectivity index is 1.33. The Labute approximate surface area is 225 Å². The summed E-state index contributed by atoms with van der Waals surface area (Å²) in [6.45, 7) is 1.81. The van der Waals surface area contributed by atoms with Crippen LogP contribution < -0.4 is 4.90 Å². The van der Waals surface area contributed by atoms with Gasteiger partial charge in [0.15, 0.2) is 5.82 Å². The minimum absolute atomic E-state index is 0.0143. The summed E-state index contributed by atoms with van der Waals surface area (Å²) in [5, 5.41) is 0.244. The summed E-state index contributed by atoms with van der Waals surface area (Å²) in [5.74, 6) is 0.831. The van der Waals surface area contributed by atoms with E-state index in [0.29, 0.717) is 43.5 Å². The second-order valence-electron chi connectivity index (χ2n) is 10.1. The van der Waals surface area contributed by atoms with Crippen LogP contribution in [0.2, 0.25) is 5.02 Å². The van der Waals surface area contributed by atoms with Gasteiger partial charge >= 0.3 is 6.18 Å². The normalized spacial score (nSPS) is 16.7. The largest absolute Gasteiger partial charge is 0.416 e. The molecule has 0 atom stereocenters. The third-order valence-corrected chi connectivity index (χ3v) is 7.68. The zero-order valence-corrected chi connectivity index (χ0v) is 21.8. The molecule has 0 radical (unpaired) electrons. The maximum atomic E-state index is 13.7. The van der Waals surface area contributed by atoms with E-state index in [2.05, 4.69) is 22.1 Å². The molecule has 3 heterocycles. The van der Waals surface area contributed by atoms with E-state index in [4.69, 9.17) is 11.6 Å². The first-order valence-electron chi connectivity index (χ1n) is 13.1. The van der Waals surface area contributed by atoms with E-state index < -0.39 is 11.7 Å². The number of alkyl halides is 3. The number of likely N-dealkylation sites (tertiary alicyclic amines) is 1. The first kappa shape index (κ1) is 26.5. The molecule has 0 aliphatic carbocycles. The zero-order chi connectivity index (χ0) is 26.7. The minimum atomic E-state index is -4.50. The molecule has 2 aromatic carbocycles. The van der Waals surface area contributed by atoms with Gasteiger partial charge in [0, 0.05) is 31.2 Å². The maximum absolute atomic E-state index is 13.7. The van der Waals surface area contributed by atoms with Crippen LogP contribution in [0.1, 0.15) is 58.6 Å². The van der Waals surface area contributed by atoms with Gasteiger partial charge in [0.25, 0.3) is 5.91 Å². The standard InChI is InChI=1S/C29H30ClF3N4O/c30-23-9-10-24(29(31,32)33)22(17-23)19-37-13-5-4-8-25-27(37)35-26(18-34-25)28(38)36-14-11-21(12-15-36)16-20-6-2-1-3-7-20/h1-3,6-7,9-10,17-18,21H,4-5,8,11-16,19H2. The Kier molecular flexibility index (Phi) is 7.88. The van der Waals surface area contributed by atoms with Crippen molar-refractivity contribution in [2.75, 3.05) is 24.5 Å². The van der Waals surface area contributed by atoms with E-state index in [1.165, 1.54) is 23.9 Å². The molecule has 0 saturated carbocycles. The molecule has 200 valence electrons. The summed E-state index contributed by atoms with van der Waals surface area (Å²) in [5.41, 5.74) is 1.61. The number of piperidine rings is 1. The molecule has 1 aromatic heterocycles. The molecule has 2 aliphatic rings. The van der Waals surface area contributed by atoms with Crippen LogP contribution in [0.25, 0.3) is 0 Å². The van der Waals surface area contributed by atoms with Gasteiger partial charge in [0.2, 0.25) is 0 Å². The van der Waals surface area contributed by atoms with Gasteiger partial charge in [-0.15, -0.1) is 0 Å². The lowest BCUT2D eigenvalue weighted by Crippen LogP contribution is -2.39. The molecule has 1 amide bonds. The van der Waals surface area contributed by atoms with E-state index in [-0.39, 0.29) is 28.7 Å². The van der Waals surface area contributed by atoms with Crippen molar-refractivity contribution in [3.05, 3.63) is 87.8 Å². The number of halogens is 4. The summed E-state index contributed by atoms with van der Waals surface area (Å²) in [6.07, 6.45) is 2.16. The molecule has 0 bridgehead atoms. The van der Waals surface area contributed by atoms with Gasteiger partial charge in [-0.2, -0.15) is 13.2 Å². The molecule has 2 aliphatic heterocycles. The molecule has 1 fully saturated rings. The summed E-state index contributed by atoms with van der Waals surface area (Å²) in [7, 11) is 0. The topological polar surface area (TPSA) is 49.3 Å². The fourth-order valence-electron chi connectivity index (χ4n) is 5.42. The third-order valence-electron chi connectivity index (χ3n) is 7.44. The molecule has 9 heteroatoms. The lowest BCUT2D eigenvalue weighted by molar-refractivity contribution is -0.138. The van der Waals surface area contributed by atoms with Crippen molar-refractivity contribution in [3.8, 4) is 0 Å². The quantitative estimate of drug-likeness (QED) is 0.365. The summed E-state index contributed by atoms with van der Waals surface area (Å²) in [6, 6.07) is 14.0. The number of hydrogen-bond acceptors (Lipinski definition) is 4. The van der Waals surface area contributed by atoms with Gasteiger partial charge in [0.1, 0.15) is 5.69 Å². The highest BCUT2D eigenvalue weighted by molar-refractivity contribution is 6.30. The van der Waals surface area contributed by atoms with E-state index in [0.717, 1.165) is 38.2 Å². The molecule has 0 spiro atoms.